The van der Waals surface area contributed by atoms with Crippen LogP contribution in [-0.2, 0) is 9.59 Å². The van der Waals surface area contributed by atoms with Crippen LogP contribution in [0.5, 0.6) is 0 Å². The van der Waals surface area contributed by atoms with Crippen LogP contribution in [-0.4, -0.2) is 22.2 Å². The van der Waals surface area contributed by atoms with E-state index in [-0.39, 0.29) is 5.57 Å². The molecule has 0 saturated heterocycles. The van der Waals surface area contributed by atoms with Crippen molar-refractivity contribution in [1.29, 1.82) is 0 Å². The summed E-state index contributed by atoms with van der Waals surface area (Å²) >= 11 is 0. The van der Waals surface area contributed by atoms with Crippen LogP contribution in [0.2, 0.25) is 0 Å². The number of anilines is 2. The first-order chi connectivity index (χ1) is 13.0. The van der Waals surface area contributed by atoms with Gasteiger partial charge >= 0.3 is 11.9 Å². The molecule has 0 saturated carbocycles. The molecule has 0 unspecified atom stereocenters. The lowest BCUT2D eigenvalue weighted by Gasteiger charge is -2.14. The Morgan fingerprint density at radius 1 is 0.778 bits per heavy atom. The molecule has 0 aromatic heterocycles. The Morgan fingerprint density at radius 2 is 1.41 bits per heavy atom. The molecule has 0 aliphatic heterocycles. The number of carboxylic acids is 2. The molecule has 3 N–H and O–H groups in total. The topological polar surface area (TPSA) is 86.6 Å². The lowest BCUT2D eigenvalue weighted by atomic mass is 9.93. The molecule has 0 radical (unpaired) electrons. The maximum Gasteiger partial charge on any atom is 0.336 e. The maximum atomic E-state index is 11.6. The van der Waals surface area contributed by atoms with Crippen molar-refractivity contribution in [3.05, 3.63) is 90.5 Å². The fourth-order valence-electron chi connectivity index (χ4n) is 2.78. The number of nitrogens with one attached hydrogen (secondary N) is 1. The summed E-state index contributed by atoms with van der Waals surface area (Å²) in [5.74, 6) is -2.60. The van der Waals surface area contributed by atoms with Crippen molar-refractivity contribution in [2.24, 2.45) is 0 Å². The molecule has 0 spiro atoms. The van der Waals surface area contributed by atoms with Crippen molar-refractivity contribution in [2.45, 2.75) is 0 Å². The van der Waals surface area contributed by atoms with E-state index in [1.54, 1.807) is 12.1 Å². The summed E-state index contributed by atoms with van der Waals surface area (Å²) in [6.07, 6.45) is 0.717. The van der Waals surface area contributed by atoms with Gasteiger partial charge in [-0.2, -0.15) is 0 Å². The summed E-state index contributed by atoms with van der Waals surface area (Å²) in [5, 5.41) is 21.8. The van der Waals surface area contributed by atoms with Gasteiger partial charge in [0.25, 0.3) is 0 Å². The van der Waals surface area contributed by atoms with Gasteiger partial charge in [0.2, 0.25) is 0 Å². The van der Waals surface area contributed by atoms with Gasteiger partial charge in [0.05, 0.1) is 5.57 Å². The lowest BCUT2D eigenvalue weighted by molar-refractivity contribution is -0.133. The van der Waals surface area contributed by atoms with Gasteiger partial charge in [-0.05, 0) is 41.0 Å². The molecule has 5 heteroatoms. The Hall–Kier alpha value is -3.86. The summed E-state index contributed by atoms with van der Waals surface area (Å²) in [7, 11) is 0. The predicted octanol–water partition coefficient (Wildman–Crippen LogP) is 4.65. The molecular weight excluding hydrogens is 342 g/mol. The second kappa shape index (κ2) is 8.01. The van der Waals surface area contributed by atoms with Gasteiger partial charge in [0, 0.05) is 17.5 Å². The number of rotatable bonds is 6. The highest BCUT2D eigenvalue weighted by Crippen LogP contribution is 2.32. The number of benzene rings is 3. The molecule has 0 amide bonds. The average molecular weight is 359 g/mol. The minimum atomic E-state index is -1.31. The number of aliphatic carboxylic acids is 2. The highest BCUT2D eigenvalue weighted by molar-refractivity contribution is 6.21. The second-order valence-electron chi connectivity index (χ2n) is 5.82. The molecular formula is C22H17NO4. The summed E-state index contributed by atoms with van der Waals surface area (Å²) in [6, 6.07) is 24.0. The van der Waals surface area contributed by atoms with Gasteiger partial charge in [-0.1, -0.05) is 54.6 Å². The normalized spacial score (nSPS) is 11.0. The molecule has 3 rings (SSSR count). The van der Waals surface area contributed by atoms with E-state index in [9.17, 15) is 14.7 Å². The third kappa shape index (κ3) is 4.41. The maximum absolute atomic E-state index is 11.6. The van der Waals surface area contributed by atoms with E-state index in [0.717, 1.165) is 16.9 Å². The minimum absolute atomic E-state index is 0.271. The molecule has 3 aromatic rings. The average Bonchev–Trinajstić information content (AvgIpc) is 2.67. The largest absolute Gasteiger partial charge is 0.478 e. The van der Waals surface area contributed by atoms with E-state index in [1.165, 1.54) is 0 Å². The van der Waals surface area contributed by atoms with Crippen molar-refractivity contribution in [3.8, 4) is 11.1 Å². The first-order valence-electron chi connectivity index (χ1n) is 8.24. The quantitative estimate of drug-likeness (QED) is 0.558. The minimum Gasteiger partial charge on any atom is -0.478 e. The number of carboxylic acid groups (broad SMARTS) is 2. The first kappa shape index (κ1) is 17.9. The Labute approximate surface area is 156 Å². The van der Waals surface area contributed by atoms with Gasteiger partial charge in [0.15, 0.2) is 0 Å². The highest BCUT2D eigenvalue weighted by atomic mass is 16.4. The monoisotopic (exact) mass is 359 g/mol. The van der Waals surface area contributed by atoms with Gasteiger partial charge in [-0.25, -0.2) is 9.59 Å². The van der Waals surface area contributed by atoms with E-state index >= 15 is 0 Å². The number of carbonyl (C=O) groups is 2. The number of hydrogen-bond donors (Lipinski definition) is 3. The van der Waals surface area contributed by atoms with Crippen LogP contribution >= 0.6 is 0 Å². The lowest BCUT2D eigenvalue weighted by Crippen LogP contribution is -2.05. The van der Waals surface area contributed by atoms with Crippen molar-refractivity contribution < 1.29 is 19.8 Å². The second-order valence-corrected chi connectivity index (χ2v) is 5.82. The molecule has 5 nitrogen and oxygen atoms in total. The SMILES string of the molecule is O=C(O)C=C(C(=O)O)c1ccc(Nc2ccccc2)cc1-c1ccccc1. The van der Waals surface area contributed by atoms with E-state index in [4.69, 9.17) is 5.11 Å². The summed E-state index contributed by atoms with van der Waals surface area (Å²) in [6.45, 7) is 0. The van der Waals surface area contributed by atoms with Crippen LogP contribution in [0, 0.1) is 0 Å². The summed E-state index contributed by atoms with van der Waals surface area (Å²) in [5.41, 5.74) is 3.16. The molecule has 0 heterocycles. The van der Waals surface area contributed by atoms with Gasteiger partial charge in [-0.15, -0.1) is 0 Å². The van der Waals surface area contributed by atoms with Crippen LogP contribution in [0.25, 0.3) is 16.7 Å². The zero-order valence-corrected chi connectivity index (χ0v) is 14.3. The third-order valence-electron chi connectivity index (χ3n) is 3.96. The van der Waals surface area contributed by atoms with E-state index in [1.807, 2.05) is 66.7 Å². The number of para-hydroxylation sites is 1. The van der Waals surface area contributed by atoms with E-state index < -0.39 is 11.9 Å². The molecule has 0 atom stereocenters. The zero-order valence-electron chi connectivity index (χ0n) is 14.3. The Balaban J connectivity index is 2.13. The van der Waals surface area contributed by atoms with Gasteiger partial charge in [-0.3, -0.25) is 0 Å². The molecule has 134 valence electrons. The van der Waals surface area contributed by atoms with Crippen LogP contribution in [0.1, 0.15) is 5.56 Å². The Bertz CT molecular complexity index is 995. The Kier molecular flexibility index (Phi) is 5.33. The van der Waals surface area contributed by atoms with E-state index in [2.05, 4.69) is 5.32 Å². The fourth-order valence-corrected chi connectivity index (χ4v) is 2.78. The molecule has 3 aromatic carbocycles. The van der Waals surface area contributed by atoms with E-state index in [0.29, 0.717) is 17.2 Å². The fraction of sp³-hybridized carbons (Fsp3) is 0. The highest BCUT2D eigenvalue weighted by Gasteiger charge is 2.17. The van der Waals surface area contributed by atoms with Crippen LogP contribution in [0.3, 0.4) is 0 Å². The Morgan fingerprint density at radius 3 is 2.00 bits per heavy atom. The molecule has 0 bridgehead atoms. The smallest absolute Gasteiger partial charge is 0.336 e. The molecule has 0 aliphatic rings. The van der Waals surface area contributed by atoms with Crippen LogP contribution in [0.15, 0.2) is 84.9 Å². The zero-order chi connectivity index (χ0) is 19.2. The molecule has 27 heavy (non-hydrogen) atoms. The number of hydrogen-bond acceptors (Lipinski definition) is 3. The molecule has 0 aliphatic carbocycles. The van der Waals surface area contributed by atoms with Crippen molar-refractivity contribution in [3.63, 3.8) is 0 Å². The van der Waals surface area contributed by atoms with Crippen LogP contribution < -0.4 is 5.32 Å². The third-order valence-corrected chi connectivity index (χ3v) is 3.96. The van der Waals surface area contributed by atoms with Crippen molar-refractivity contribution in [2.75, 3.05) is 5.32 Å². The predicted molar refractivity (Wildman–Crippen MR) is 105 cm³/mol. The van der Waals surface area contributed by atoms with Gasteiger partial charge in [0.1, 0.15) is 0 Å². The van der Waals surface area contributed by atoms with Crippen molar-refractivity contribution in [1.82, 2.24) is 0 Å². The van der Waals surface area contributed by atoms with Crippen LogP contribution in [0.4, 0.5) is 11.4 Å². The van der Waals surface area contributed by atoms with Gasteiger partial charge < -0.3 is 15.5 Å². The standard InChI is InChI=1S/C22H17NO4/c24-21(25)14-20(22(26)27)18-12-11-17(23-16-9-5-2-6-10-16)13-19(18)15-7-3-1-4-8-15/h1-14,23H,(H,24,25)(H,26,27). The summed E-state index contributed by atoms with van der Waals surface area (Å²) in [4.78, 5) is 22.7. The summed E-state index contributed by atoms with van der Waals surface area (Å²) < 4.78 is 0. The van der Waals surface area contributed by atoms with Crippen molar-refractivity contribution >= 4 is 28.9 Å². The molecule has 0 fully saturated rings. The first-order valence-corrected chi connectivity index (χ1v) is 8.24.